The molecule has 1 aromatic heterocycles. The number of urea groups is 1. The molecule has 3 N–H and O–H groups in total. The molecular weight excluding hydrogens is 276 g/mol. The number of aryl methyl sites for hydroxylation is 1. The number of carbonyl (C=O) groups excluding carboxylic acids is 1. The van der Waals surface area contributed by atoms with Crippen molar-refractivity contribution < 1.29 is 14.7 Å². The van der Waals surface area contributed by atoms with Gasteiger partial charge in [-0.25, -0.2) is 9.59 Å². The standard InChI is InChI=1S/C14H14N2O3S/c1-9-6-11(2-3-12(9)13(17)18)16-14(19)15-7-10-4-5-20-8-10/h2-6,8H,7H2,1H3,(H,17,18)(H2,15,16,19). The van der Waals surface area contributed by atoms with E-state index in [1.807, 2.05) is 16.8 Å². The fraction of sp³-hybridized carbons (Fsp3) is 0.143. The van der Waals surface area contributed by atoms with Crippen molar-refractivity contribution >= 4 is 29.0 Å². The minimum absolute atomic E-state index is 0.231. The highest BCUT2D eigenvalue weighted by atomic mass is 32.1. The summed E-state index contributed by atoms with van der Waals surface area (Å²) >= 11 is 1.57. The Morgan fingerprint density at radius 3 is 2.70 bits per heavy atom. The number of anilines is 1. The van der Waals surface area contributed by atoms with Crippen LogP contribution in [0.2, 0.25) is 0 Å². The molecule has 1 heterocycles. The highest BCUT2D eigenvalue weighted by molar-refractivity contribution is 7.07. The Balaban J connectivity index is 1.94. The summed E-state index contributed by atoms with van der Waals surface area (Å²) in [4.78, 5) is 22.6. The number of hydrogen-bond acceptors (Lipinski definition) is 3. The number of nitrogens with one attached hydrogen (secondary N) is 2. The smallest absolute Gasteiger partial charge is 0.335 e. The second-order valence-electron chi connectivity index (χ2n) is 4.27. The Labute approximate surface area is 120 Å². The minimum atomic E-state index is -0.976. The van der Waals surface area contributed by atoms with Gasteiger partial charge in [0, 0.05) is 12.2 Å². The number of amides is 2. The number of rotatable bonds is 4. The van der Waals surface area contributed by atoms with Gasteiger partial charge in [-0.3, -0.25) is 0 Å². The molecular formula is C14H14N2O3S. The zero-order valence-electron chi connectivity index (χ0n) is 10.8. The first-order valence-electron chi connectivity index (χ1n) is 5.96. The average Bonchev–Trinajstić information content (AvgIpc) is 2.89. The molecule has 2 rings (SSSR count). The molecule has 104 valence electrons. The molecule has 0 unspecified atom stereocenters. The summed E-state index contributed by atoms with van der Waals surface area (Å²) in [7, 11) is 0. The quantitative estimate of drug-likeness (QED) is 0.809. The van der Waals surface area contributed by atoms with Crippen LogP contribution in [0.15, 0.2) is 35.0 Å². The number of hydrogen-bond donors (Lipinski definition) is 3. The summed E-state index contributed by atoms with van der Waals surface area (Å²) in [6.45, 7) is 2.15. The molecule has 20 heavy (non-hydrogen) atoms. The topological polar surface area (TPSA) is 78.4 Å². The van der Waals surface area contributed by atoms with Crippen LogP contribution in [-0.4, -0.2) is 17.1 Å². The van der Waals surface area contributed by atoms with Crippen molar-refractivity contribution in [1.82, 2.24) is 5.32 Å². The summed E-state index contributed by atoms with van der Waals surface area (Å²) in [6.07, 6.45) is 0. The Bertz CT molecular complexity index is 623. The van der Waals surface area contributed by atoms with Gasteiger partial charge in [-0.2, -0.15) is 11.3 Å². The van der Waals surface area contributed by atoms with E-state index < -0.39 is 5.97 Å². The van der Waals surface area contributed by atoms with Gasteiger partial charge in [-0.1, -0.05) is 0 Å². The molecule has 0 radical (unpaired) electrons. The third kappa shape index (κ3) is 3.58. The first kappa shape index (κ1) is 14.1. The molecule has 0 aliphatic heterocycles. The van der Waals surface area contributed by atoms with Crippen LogP contribution in [0.3, 0.4) is 0 Å². The second kappa shape index (κ2) is 6.21. The van der Waals surface area contributed by atoms with E-state index in [0.29, 0.717) is 17.8 Å². The molecule has 0 fully saturated rings. The van der Waals surface area contributed by atoms with Gasteiger partial charge < -0.3 is 15.7 Å². The number of benzene rings is 1. The summed E-state index contributed by atoms with van der Waals surface area (Å²) in [5.41, 5.74) is 2.44. The van der Waals surface area contributed by atoms with Gasteiger partial charge in [0.15, 0.2) is 0 Å². The van der Waals surface area contributed by atoms with E-state index in [9.17, 15) is 9.59 Å². The molecule has 0 saturated heterocycles. The highest BCUT2D eigenvalue weighted by Gasteiger charge is 2.08. The van der Waals surface area contributed by atoms with Crippen LogP contribution in [0.4, 0.5) is 10.5 Å². The molecule has 6 heteroatoms. The lowest BCUT2D eigenvalue weighted by Gasteiger charge is -2.08. The fourth-order valence-electron chi connectivity index (χ4n) is 1.73. The molecule has 0 aliphatic carbocycles. The zero-order valence-corrected chi connectivity index (χ0v) is 11.7. The van der Waals surface area contributed by atoms with Gasteiger partial charge in [0.05, 0.1) is 5.56 Å². The SMILES string of the molecule is Cc1cc(NC(=O)NCc2ccsc2)ccc1C(=O)O. The summed E-state index contributed by atoms with van der Waals surface area (Å²) in [6, 6.07) is 6.30. The van der Waals surface area contributed by atoms with Crippen LogP contribution in [0.1, 0.15) is 21.5 Å². The maximum atomic E-state index is 11.7. The third-order valence-electron chi connectivity index (χ3n) is 2.75. The number of carboxylic acid groups (broad SMARTS) is 1. The van der Waals surface area contributed by atoms with Gasteiger partial charge in [-0.15, -0.1) is 0 Å². The van der Waals surface area contributed by atoms with Gasteiger partial charge in [0.2, 0.25) is 0 Å². The molecule has 0 aliphatic rings. The van der Waals surface area contributed by atoms with Crippen molar-refractivity contribution in [3.63, 3.8) is 0 Å². The van der Waals surface area contributed by atoms with Crippen LogP contribution in [-0.2, 0) is 6.54 Å². The second-order valence-corrected chi connectivity index (χ2v) is 5.05. The molecule has 5 nitrogen and oxygen atoms in total. The van der Waals surface area contributed by atoms with Gasteiger partial charge in [0.1, 0.15) is 0 Å². The lowest BCUT2D eigenvalue weighted by Crippen LogP contribution is -2.28. The molecule has 2 aromatic rings. The van der Waals surface area contributed by atoms with Crippen LogP contribution < -0.4 is 10.6 Å². The maximum Gasteiger partial charge on any atom is 0.335 e. The van der Waals surface area contributed by atoms with E-state index in [1.54, 1.807) is 30.4 Å². The lowest BCUT2D eigenvalue weighted by atomic mass is 10.1. The summed E-state index contributed by atoms with van der Waals surface area (Å²) in [5.74, 6) is -0.976. The first-order chi connectivity index (χ1) is 9.56. The van der Waals surface area contributed by atoms with Crippen molar-refractivity contribution in [2.45, 2.75) is 13.5 Å². The molecule has 0 saturated carbocycles. The Hall–Kier alpha value is -2.34. The first-order valence-corrected chi connectivity index (χ1v) is 6.90. The van der Waals surface area contributed by atoms with Crippen molar-refractivity contribution in [2.24, 2.45) is 0 Å². The third-order valence-corrected chi connectivity index (χ3v) is 3.48. The van der Waals surface area contributed by atoms with Gasteiger partial charge in [0.25, 0.3) is 0 Å². The van der Waals surface area contributed by atoms with Crippen LogP contribution in [0.5, 0.6) is 0 Å². The predicted octanol–water partition coefficient (Wildman–Crippen LogP) is 3.08. The van der Waals surface area contributed by atoms with Crippen molar-refractivity contribution in [1.29, 1.82) is 0 Å². The largest absolute Gasteiger partial charge is 0.478 e. The monoisotopic (exact) mass is 290 g/mol. The van der Waals surface area contributed by atoms with Crippen molar-refractivity contribution in [2.75, 3.05) is 5.32 Å². The van der Waals surface area contributed by atoms with Crippen molar-refractivity contribution in [3.05, 3.63) is 51.7 Å². The Morgan fingerprint density at radius 1 is 1.30 bits per heavy atom. The minimum Gasteiger partial charge on any atom is -0.478 e. The summed E-state index contributed by atoms with van der Waals surface area (Å²) < 4.78 is 0. The molecule has 1 aromatic carbocycles. The predicted molar refractivity (Wildman–Crippen MR) is 78.3 cm³/mol. The summed E-state index contributed by atoms with van der Waals surface area (Å²) in [5, 5.41) is 18.2. The number of carboxylic acids is 1. The maximum absolute atomic E-state index is 11.7. The zero-order chi connectivity index (χ0) is 14.5. The molecule has 0 atom stereocenters. The number of carbonyl (C=O) groups is 2. The Kier molecular flexibility index (Phi) is 4.37. The van der Waals surface area contributed by atoms with E-state index in [-0.39, 0.29) is 11.6 Å². The van der Waals surface area contributed by atoms with E-state index in [0.717, 1.165) is 5.56 Å². The molecule has 0 bridgehead atoms. The number of aromatic carboxylic acids is 1. The lowest BCUT2D eigenvalue weighted by molar-refractivity contribution is 0.0696. The fourth-order valence-corrected chi connectivity index (χ4v) is 2.40. The van der Waals surface area contributed by atoms with Crippen molar-refractivity contribution in [3.8, 4) is 0 Å². The van der Waals surface area contributed by atoms with Gasteiger partial charge in [-0.05, 0) is 53.1 Å². The van der Waals surface area contributed by atoms with E-state index >= 15 is 0 Å². The average molecular weight is 290 g/mol. The Morgan fingerprint density at radius 2 is 2.10 bits per heavy atom. The van der Waals surface area contributed by atoms with E-state index in [2.05, 4.69) is 10.6 Å². The van der Waals surface area contributed by atoms with E-state index in [4.69, 9.17) is 5.11 Å². The van der Waals surface area contributed by atoms with E-state index in [1.165, 1.54) is 6.07 Å². The highest BCUT2D eigenvalue weighted by Crippen LogP contribution is 2.15. The van der Waals surface area contributed by atoms with Gasteiger partial charge >= 0.3 is 12.0 Å². The molecule has 2 amide bonds. The van der Waals surface area contributed by atoms with Crippen LogP contribution >= 0.6 is 11.3 Å². The molecule has 0 spiro atoms. The van der Waals surface area contributed by atoms with Crippen LogP contribution in [0.25, 0.3) is 0 Å². The van der Waals surface area contributed by atoms with Crippen LogP contribution in [0, 0.1) is 6.92 Å². The number of thiophene rings is 1. The normalized spacial score (nSPS) is 10.1.